The van der Waals surface area contributed by atoms with Gasteiger partial charge >= 0.3 is 0 Å². The van der Waals surface area contributed by atoms with E-state index in [9.17, 15) is 0 Å². The first-order chi connectivity index (χ1) is 13.7. The molecule has 0 aliphatic carbocycles. The van der Waals surface area contributed by atoms with Crippen LogP contribution in [-0.4, -0.2) is 39.5 Å². The van der Waals surface area contributed by atoms with Gasteiger partial charge in [0.05, 0.1) is 14.2 Å². The summed E-state index contributed by atoms with van der Waals surface area (Å²) in [7, 11) is 3.21. The molecule has 0 unspecified atom stereocenters. The number of fused-ring (bicyclic) bond motifs is 1. The summed E-state index contributed by atoms with van der Waals surface area (Å²) in [6.07, 6.45) is 0. The SMILES string of the molecule is COc1cc(OC)cc(Oc2cccc(CNc3ccc4nnnn4n3)c2)c1. The summed E-state index contributed by atoms with van der Waals surface area (Å²) in [6, 6.07) is 16.8. The Hall–Kier alpha value is -3.88. The Morgan fingerprint density at radius 3 is 2.46 bits per heavy atom. The van der Waals surface area contributed by atoms with Gasteiger partial charge in [0.15, 0.2) is 5.65 Å². The Labute approximate surface area is 160 Å². The zero-order valence-electron chi connectivity index (χ0n) is 15.4. The van der Waals surface area contributed by atoms with Crippen molar-refractivity contribution in [2.75, 3.05) is 19.5 Å². The van der Waals surface area contributed by atoms with Gasteiger partial charge in [0.1, 0.15) is 28.8 Å². The Morgan fingerprint density at radius 2 is 1.68 bits per heavy atom. The first kappa shape index (κ1) is 17.5. The zero-order valence-corrected chi connectivity index (χ0v) is 15.4. The van der Waals surface area contributed by atoms with E-state index >= 15 is 0 Å². The smallest absolute Gasteiger partial charge is 0.200 e. The van der Waals surface area contributed by atoms with Gasteiger partial charge in [0.25, 0.3) is 0 Å². The second kappa shape index (κ2) is 7.78. The molecule has 2 heterocycles. The van der Waals surface area contributed by atoms with Crippen LogP contribution in [0.15, 0.2) is 54.6 Å². The van der Waals surface area contributed by atoms with Crippen molar-refractivity contribution >= 4 is 11.5 Å². The maximum absolute atomic E-state index is 5.97. The maximum Gasteiger partial charge on any atom is 0.200 e. The third kappa shape index (κ3) is 3.93. The number of nitrogens with zero attached hydrogens (tertiary/aromatic N) is 5. The average Bonchev–Trinajstić information content (AvgIpc) is 3.20. The lowest BCUT2D eigenvalue weighted by Gasteiger charge is -2.11. The highest BCUT2D eigenvalue weighted by Gasteiger charge is 2.06. The van der Waals surface area contributed by atoms with Crippen LogP contribution in [0, 0.1) is 0 Å². The van der Waals surface area contributed by atoms with Crippen LogP contribution in [0.4, 0.5) is 5.82 Å². The van der Waals surface area contributed by atoms with Gasteiger partial charge in [-0.1, -0.05) is 12.1 Å². The van der Waals surface area contributed by atoms with E-state index in [0.29, 0.717) is 41.0 Å². The molecule has 0 spiro atoms. The van der Waals surface area contributed by atoms with E-state index in [0.717, 1.165) is 5.56 Å². The van der Waals surface area contributed by atoms with Crippen LogP contribution < -0.4 is 19.5 Å². The second-order valence-corrected chi connectivity index (χ2v) is 5.90. The molecule has 0 saturated heterocycles. The molecule has 0 amide bonds. The highest BCUT2D eigenvalue weighted by molar-refractivity contribution is 5.45. The third-order valence-electron chi connectivity index (χ3n) is 4.00. The molecular formula is C19H18N6O3. The number of hydrogen-bond acceptors (Lipinski definition) is 8. The van der Waals surface area contributed by atoms with Gasteiger partial charge in [-0.15, -0.1) is 14.8 Å². The molecule has 0 aliphatic heterocycles. The molecule has 28 heavy (non-hydrogen) atoms. The minimum absolute atomic E-state index is 0.569. The topological polar surface area (TPSA) is 95.7 Å². The van der Waals surface area contributed by atoms with Crippen LogP contribution in [0.1, 0.15) is 5.56 Å². The van der Waals surface area contributed by atoms with Crippen LogP contribution >= 0.6 is 0 Å². The van der Waals surface area contributed by atoms with Crippen molar-refractivity contribution in [1.82, 2.24) is 25.3 Å². The fraction of sp³-hybridized carbons (Fsp3) is 0.158. The van der Waals surface area contributed by atoms with E-state index in [-0.39, 0.29) is 0 Å². The number of nitrogens with one attached hydrogen (secondary N) is 1. The third-order valence-corrected chi connectivity index (χ3v) is 4.00. The van der Waals surface area contributed by atoms with E-state index in [4.69, 9.17) is 14.2 Å². The molecule has 9 heteroatoms. The summed E-state index contributed by atoms with van der Waals surface area (Å²) in [5.74, 6) is 3.33. The van der Waals surface area contributed by atoms with Crippen molar-refractivity contribution in [3.63, 3.8) is 0 Å². The number of benzene rings is 2. The summed E-state index contributed by atoms with van der Waals surface area (Å²) < 4.78 is 17.9. The van der Waals surface area contributed by atoms with Crippen LogP contribution in [0.2, 0.25) is 0 Å². The van der Waals surface area contributed by atoms with E-state index < -0.39 is 0 Å². The predicted octanol–water partition coefficient (Wildman–Crippen LogP) is 2.94. The molecule has 0 saturated carbocycles. The molecule has 142 valence electrons. The fourth-order valence-corrected chi connectivity index (χ4v) is 2.63. The summed E-state index contributed by atoms with van der Waals surface area (Å²) in [6.45, 7) is 0.569. The van der Waals surface area contributed by atoms with Crippen LogP contribution in [0.25, 0.3) is 5.65 Å². The zero-order chi connectivity index (χ0) is 19.3. The van der Waals surface area contributed by atoms with E-state index in [1.165, 1.54) is 4.63 Å². The van der Waals surface area contributed by atoms with E-state index in [1.807, 2.05) is 30.3 Å². The number of ether oxygens (including phenoxy) is 3. The fourth-order valence-electron chi connectivity index (χ4n) is 2.63. The molecule has 2 aromatic heterocycles. The van der Waals surface area contributed by atoms with Crippen LogP contribution in [-0.2, 0) is 6.54 Å². The Kier molecular flexibility index (Phi) is 4.87. The number of anilines is 1. The molecule has 1 N–H and O–H groups in total. The normalized spacial score (nSPS) is 10.6. The lowest BCUT2D eigenvalue weighted by molar-refractivity contribution is 0.386. The van der Waals surface area contributed by atoms with Crippen LogP contribution in [0.3, 0.4) is 0 Å². The molecule has 2 aromatic carbocycles. The summed E-state index contributed by atoms with van der Waals surface area (Å²) >= 11 is 0. The van der Waals surface area contributed by atoms with Gasteiger partial charge < -0.3 is 19.5 Å². The van der Waals surface area contributed by atoms with Gasteiger partial charge in [-0.25, -0.2) is 0 Å². The first-order valence-corrected chi connectivity index (χ1v) is 8.53. The van der Waals surface area contributed by atoms with Gasteiger partial charge in [0.2, 0.25) is 0 Å². The number of rotatable bonds is 7. The highest BCUT2D eigenvalue weighted by Crippen LogP contribution is 2.31. The number of aromatic nitrogens is 5. The average molecular weight is 378 g/mol. The lowest BCUT2D eigenvalue weighted by atomic mass is 10.2. The predicted molar refractivity (Wildman–Crippen MR) is 102 cm³/mol. The largest absolute Gasteiger partial charge is 0.496 e. The van der Waals surface area contributed by atoms with E-state index in [1.54, 1.807) is 38.5 Å². The standard InChI is InChI=1S/C19H18N6O3/c1-26-15-9-16(27-2)11-17(10-15)28-14-5-3-4-13(8-14)12-20-18-6-7-19-21-23-24-25(19)22-18/h3-11H,12H2,1-2H3,(H,20,22). The molecular weight excluding hydrogens is 360 g/mol. The van der Waals surface area contributed by atoms with Crippen LogP contribution in [0.5, 0.6) is 23.0 Å². The second-order valence-electron chi connectivity index (χ2n) is 5.90. The van der Waals surface area contributed by atoms with Crippen molar-refractivity contribution in [2.24, 2.45) is 0 Å². The summed E-state index contributed by atoms with van der Waals surface area (Å²) in [5, 5.41) is 18.7. The number of hydrogen-bond donors (Lipinski definition) is 1. The summed E-state index contributed by atoms with van der Waals surface area (Å²) in [5.41, 5.74) is 1.63. The van der Waals surface area contributed by atoms with Crippen molar-refractivity contribution in [3.8, 4) is 23.0 Å². The molecule has 0 atom stereocenters. The Balaban J connectivity index is 1.46. The maximum atomic E-state index is 5.97. The molecule has 0 radical (unpaired) electrons. The molecule has 4 rings (SSSR count). The van der Waals surface area contributed by atoms with Crippen molar-refractivity contribution in [2.45, 2.75) is 6.54 Å². The first-order valence-electron chi connectivity index (χ1n) is 8.53. The summed E-state index contributed by atoms with van der Waals surface area (Å²) in [4.78, 5) is 0. The van der Waals surface area contributed by atoms with E-state index in [2.05, 4.69) is 25.9 Å². The molecule has 0 bridgehead atoms. The Morgan fingerprint density at radius 1 is 0.893 bits per heavy atom. The van der Waals surface area contributed by atoms with Gasteiger partial charge in [-0.05, 0) is 40.3 Å². The van der Waals surface area contributed by atoms with Crippen molar-refractivity contribution in [1.29, 1.82) is 0 Å². The molecule has 4 aromatic rings. The number of methoxy groups -OCH3 is 2. The molecule has 0 aliphatic rings. The van der Waals surface area contributed by atoms with Gasteiger partial charge in [-0.3, -0.25) is 0 Å². The van der Waals surface area contributed by atoms with Gasteiger partial charge in [-0.2, -0.15) is 0 Å². The van der Waals surface area contributed by atoms with Gasteiger partial charge in [0, 0.05) is 24.7 Å². The minimum Gasteiger partial charge on any atom is -0.496 e. The quantitative estimate of drug-likeness (QED) is 0.524. The van der Waals surface area contributed by atoms with Crippen molar-refractivity contribution in [3.05, 3.63) is 60.2 Å². The minimum atomic E-state index is 0.569. The lowest BCUT2D eigenvalue weighted by Crippen LogP contribution is -2.04. The van der Waals surface area contributed by atoms with Crippen molar-refractivity contribution < 1.29 is 14.2 Å². The molecule has 9 nitrogen and oxygen atoms in total. The molecule has 0 fully saturated rings. The monoisotopic (exact) mass is 378 g/mol. The highest BCUT2D eigenvalue weighted by atomic mass is 16.5. The number of tetrazole rings is 1. The Bertz CT molecular complexity index is 1080.